The second-order valence-corrected chi connectivity index (χ2v) is 15.7. The molecule has 0 saturated carbocycles. The van der Waals surface area contributed by atoms with Crippen molar-refractivity contribution in [3.63, 3.8) is 0 Å². The number of benzene rings is 3. The molecule has 1 atom stereocenters. The van der Waals surface area contributed by atoms with E-state index in [2.05, 4.69) is 17.2 Å². The zero-order valence-electron chi connectivity index (χ0n) is 22.6. The summed E-state index contributed by atoms with van der Waals surface area (Å²) in [6.07, 6.45) is 1.43. The topological polar surface area (TPSA) is 80.6 Å². The van der Waals surface area contributed by atoms with E-state index in [1.54, 1.807) is 54.6 Å². The number of hydrogen-bond acceptors (Lipinski definition) is 4. The number of alkyl halides is 4. The molecule has 0 radical (unpaired) electrons. The standard InChI is InChI=1S/C33H27F2IN2O4/c1-21(2)33(34,35)26-12-7-6-9-23(26)19-37-31(40)28-29(42-32(20-36(28)32)24-10-4-3-5-11-24)22-14-16-25(17-15-22)38-30(39)27-13-8-18-41-27/h3-18H,1,19-20H2,2H3,(H,37,40)(H,38,39). The number of anilines is 1. The summed E-state index contributed by atoms with van der Waals surface area (Å²) in [4.78, 5) is 26.1. The molecule has 6 nitrogen and oxygen atoms in total. The van der Waals surface area contributed by atoms with Gasteiger partial charge in [0.05, 0.1) is 0 Å². The molecule has 2 amide bonds. The van der Waals surface area contributed by atoms with Crippen molar-refractivity contribution in [2.75, 3.05) is 9.74 Å². The monoisotopic (exact) mass is 680 g/mol. The molecule has 3 aromatic carbocycles. The average Bonchev–Trinajstić information content (AvgIpc) is 3.32. The van der Waals surface area contributed by atoms with Crippen LogP contribution in [-0.4, -0.2) is 16.2 Å². The molecule has 1 unspecified atom stereocenters. The van der Waals surface area contributed by atoms with Gasteiger partial charge >= 0.3 is 250 Å². The minimum atomic E-state index is -3.22. The first-order valence-electron chi connectivity index (χ1n) is 13.2. The molecule has 1 aromatic heterocycles. The van der Waals surface area contributed by atoms with Gasteiger partial charge in [0.1, 0.15) is 0 Å². The Hall–Kier alpha value is -4.25. The molecular formula is C33H27F2IN2O4. The number of furan rings is 1. The van der Waals surface area contributed by atoms with Gasteiger partial charge in [-0.25, -0.2) is 0 Å². The minimum absolute atomic E-state index is 0.0608. The Balaban J connectivity index is 1.28. The third-order valence-corrected chi connectivity index (χ3v) is 13.7. The van der Waals surface area contributed by atoms with Crippen molar-refractivity contribution < 1.29 is 27.5 Å². The first-order valence-corrected chi connectivity index (χ1v) is 16.9. The predicted molar refractivity (Wildman–Crippen MR) is 165 cm³/mol. The fourth-order valence-corrected chi connectivity index (χ4v) is 11.9. The number of nitrogens with one attached hydrogen (secondary N) is 2. The average molecular weight is 680 g/mol. The Labute approximate surface area is 248 Å². The Kier molecular flexibility index (Phi) is 7.22. The van der Waals surface area contributed by atoms with Gasteiger partial charge in [-0.1, -0.05) is 0 Å². The Morgan fingerprint density at radius 3 is 2.36 bits per heavy atom. The van der Waals surface area contributed by atoms with Crippen LogP contribution in [0.5, 0.6) is 0 Å². The number of carbonyl (C=O) groups is 2. The van der Waals surface area contributed by atoms with Crippen molar-refractivity contribution in [1.82, 2.24) is 5.32 Å². The van der Waals surface area contributed by atoms with Gasteiger partial charge in [0.2, 0.25) is 0 Å². The third kappa shape index (κ3) is 5.02. The van der Waals surface area contributed by atoms with Gasteiger partial charge in [0.15, 0.2) is 0 Å². The number of fused-ring (bicyclic) bond motifs is 1. The van der Waals surface area contributed by atoms with Crippen LogP contribution in [-0.2, 0) is 25.6 Å². The van der Waals surface area contributed by atoms with Crippen molar-refractivity contribution in [3.05, 3.63) is 141 Å². The van der Waals surface area contributed by atoms with E-state index >= 15 is 0 Å². The van der Waals surface area contributed by atoms with Gasteiger partial charge < -0.3 is 0 Å². The molecule has 9 heteroatoms. The molecule has 0 spiro atoms. The molecule has 1 fully saturated rings. The zero-order valence-corrected chi connectivity index (χ0v) is 24.8. The summed E-state index contributed by atoms with van der Waals surface area (Å²) in [5.41, 5.74) is 2.17. The molecule has 6 rings (SSSR count). The van der Waals surface area contributed by atoms with Crippen LogP contribution >= 0.6 is 19.8 Å². The van der Waals surface area contributed by atoms with Crippen molar-refractivity contribution in [3.8, 4) is 0 Å². The Morgan fingerprint density at radius 1 is 0.952 bits per heavy atom. The first-order chi connectivity index (χ1) is 20.2. The maximum absolute atomic E-state index is 14.9. The molecule has 4 aromatic rings. The maximum atomic E-state index is 14.9. The van der Waals surface area contributed by atoms with Gasteiger partial charge in [-0.15, -0.1) is 0 Å². The number of hydrogen-bond donors (Lipinski definition) is 2. The summed E-state index contributed by atoms with van der Waals surface area (Å²) in [7, 11) is 0. The van der Waals surface area contributed by atoms with Crippen molar-refractivity contribution in [1.29, 1.82) is 0 Å². The number of carbonyl (C=O) groups excluding carboxylic acids is 2. The van der Waals surface area contributed by atoms with E-state index in [0.29, 0.717) is 26.2 Å². The molecular weight excluding hydrogens is 653 g/mol. The molecule has 2 aliphatic rings. The number of allylic oxidation sites excluding steroid dienone is 1. The fraction of sp³-hybridized carbons (Fsp3) is 0.152. The van der Waals surface area contributed by atoms with Crippen LogP contribution in [0.3, 0.4) is 0 Å². The molecule has 2 aliphatic heterocycles. The van der Waals surface area contributed by atoms with Gasteiger partial charge in [-0.2, -0.15) is 0 Å². The predicted octanol–water partition coefficient (Wildman–Crippen LogP) is 7.59. The number of ether oxygens (including phenoxy) is 1. The molecule has 214 valence electrons. The van der Waals surface area contributed by atoms with Crippen LogP contribution in [0.15, 0.2) is 117 Å². The summed E-state index contributed by atoms with van der Waals surface area (Å²) in [5, 5.41) is 5.69. The summed E-state index contributed by atoms with van der Waals surface area (Å²) < 4.78 is 42.4. The molecule has 2 N–H and O–H groups in total. The van der Waals surface area contributed by atoms with Crippen LogP contribution in [0.25, 0.3) is 5.76 Å². The SMILES string of the molecule is C=C(C)C(F)(F)c1ccccc1CNC(=O)C1=C(c2ccc(NC(=O)c3ccco3)cc2)OC2(c3ccccc3)CI12. The summed E-state index contributed by atoms with van der Waals surface area (Å²) in [5.74, 6) is -3.21. The van der Waals surface area contributed by atoms with E-state index in [-0.39, 0.29) is 35.3 Å². The number of halogens is 3. The summed E-state index contributed by atoms with van der Waals surface area (Å²) in [6.45, 7) is 4.68. The molecule has 0 aliphatic carbocycles. The van der Waals surface area contributed by atoms with E-state index < -0.39 is 29.3 Å². The van der Waals surface area contributed by atoms with E-state index in [9.17, 15) is 18.4 Å². The van der Waals surface area contributed by atoms with Crippen LogP contribution in [0.1, 0.15) is 39.7 Å². The Bertz CT molecular complexity index is 1700. The Morgan fingerprint density at radius 2 is 1.67 bits per heavy atom. The van der Waals surface area contributed by atoms with Crippen LogP contribution in [0.4, 0.5) is 14.5 Å². The van der Waals surface area contributed by atoms with Crippen molar-refractivity contribution >= 4 is 43.1 Å². The molecule has 42 heavy (non-hydrogen) atoms. The first kappa shape index (κ1) is 27.9. The summed E-state index contributed by atoms with van der Waals surface area (Å²) in [6, 6.07) is 26.3. The van der Waals surface area contributed by atoms with E-state index in [0.717, 1.165) is 9.99 Å². The van der Waals surface area contributed by atoms with E-state index in [1.807, 2.05) is 30.3 Å². The molecule has 3 heterocycles. The van der Waals surface area contributed by atoms with Crippen molar-refractivity contribution in [2.24, 2.45) is 0 Å². The van der Waals surface area contributed by atoms with Gasteiger partial charge in [0.25, 0.3) is 0 Å². The van der Waals surface area contributed by atoms with E-state index in [1.165, 1.54) is 19.3 Å². The normalized spacial score (nSPS) is 18.2. The zero-order chi connectivity index (χ0) is 29.5. The molecule has 0 bridgehead atoms. The number of rotatable bonds is 9. The second-order valence-electron chi connectivity index (χ2n) is 10.0. The van der Waals surface area contributed by atoms with Crippen LogP contribution in [0.2, 0.25) is 0 Å². The number of amides is 2. The second kappa shape index (κ2) is 10.9. The quantitative estimate of drug-likeness (QED) is 0.109. The molecule has 1 saturated heterocycles. The van der Waals surface area contributed by atoms with Crippen molar-refractivity contribution in [2.45, 2.75) is 23.0 Å². The third-order valence-electron chi connectivity index (χ3n) is 7.17. The summed E-state index contributed by atoms with van der Waals surface area (Å²) >= 11 is -2.12. The van der Waals surface area contributed by atoms with Gasteiger partial charge in [0, 0.05) is 0 Å². The van der Waals surface area contributed by atoms with Gasteiger partial charge in [-0.05, 0) is 0 Å². The van der Waals surface area contributed by atoms with E-state index in [4.69, 9.17) is 9.15 Å². The fourth-order valence-electron chi connectivity index (χ4n) is 4.87. The van der Waals surface area contributed by atoms with Crippen LogP contribution < -0.4 is 10.6 Å². The van der Waals surface area contributed by atoms with Crippen LogP contribution in [0, 0.1) is 0 Å². The van der Waals surface area contributed by atoms with Gasteiger partial charge in [-0.3, -0.25) is 0 Å².